The van der Waals surface area contributed by atoms with Crippen LogP contribution in [-0.4, -0.2) is 36.6 Å². The molecule has 2 radical (unpaired) electrons. The molecule has 1 amide bonds. The number of nitrogens with zero attached hydrogens (tertiary/aromatic N) is 1. The van der Waals surface area contributed by atoms with Gasteiger partial charge in [-0.15, -0.1) is 0 Å². The summed E-state index contributed by atoms with van der Waals surface area (Å²) in [5.41, 5.74) is 1.48. The Hall–Kier alpha value is -1.82. The number of aliphatic hydroxyl groups is 1. The zero-order valence-electron chi connectivity index (χ0n) is 14.9. The minimum Gasteiger partial charge on any atom is -0.395 e. The van der Waals surface area contributed by atoms with Crippen LogP contribution in [0, 0.1) is 17.2 Å². The second kappa shape index (κ2) is 6.73. The van der Waals surface area contributed by atoms with E-state index in [4.69, 9.17) is 7.85 Å². The topological polar surface area (TPSA) is 54.3 Å². The number of amides is 1. The van der Waals surface area contributed by atoms with Crippen LogP contribution in [0.1, 0.15) is 48.9 Å². The van der Waals surface area contributed by atoms with E-state index in [-0.39, 0.29) is 29.9 Å². The van der Waals surface area contributed by atoms with E-state index in [1.807, 2.05) is 0 Å². The van der Waals surface area contributed by atoms with Gasteiger partial charge in [-0.3, -0.25) is 4.79 Å². The Morgan fingerprint density at radius 2 is 2.00 bits per heavy atom. The maximum absolute atomic E-state index is 13.8. The molecule has 3 fully saturated rings. The summed E-state index contributed by atoms with van der Waals surface area (Å²) in [7, 11) is 6.01. The molecule has 0 saturated heterocycles. The van der Waals surface area contributed by atoms with Gasteiger partial charge in [0, 0.05) is 24.7 Å². The number of aliphatic hydroxyl groups excluding tert-OH is 1. The normalized spacial score (nSPS) is 24.9. The van der Waals surface area contributed by atoms with Crippen molar-refractivity contribution < 1.29 is 14.3 Å². The van der Waals surface area contributed by atoms with Gasteiger partial charge in [0.2, 0.25) is 0 Å². The van der Waals surface area contributed by atoms with Crippen molar-refractivity contribution in [1.29, 1.82) is 0 Å². The second-order valence-electron chi connectivity index (χ2n) is 8.01. The summed E-state index contributed by atoms with van der Waals surface area (Å²) in [4.78, 5) is 12.9. The molecule has 1 aromatic heterocycles. The van der Waals surface area contributed by atoms with Crippen LogP contribution in [0.4, 0.5) is 4.39 Å². The number of nitrogens with one attached hydrogen (secondary N) is 1. The summed E-state index contributed by atoms with van der Waals surface area (Å²) in [6, 6.07) is 2.60. The molecule has 5 rings (SSSR count). The third-order valence-corrected chi connectivity index (χ3v) is 6.43. The molecule has 4 nitrogen and oxygen atoms in total. The molecule has 0 spiro atoms. The number of halogens is 1. The van der Waals surface area contributed by atoms with Crippen LogP contribution in [0.15, 0.2) is 18.3 Å². The van der Waals surface area contributed by atoms with Gasteiger partial charge < -0.3 is 15.0 Å². The molecule has 6 heteroatoms. The van der Waals surface area contributed by atoms with Crippen LogP contribution in [0.25, 0.3) is 10.9 Å². The SMILES string of the molecule is [B]c1cc(F)cc2c1c(C(=O)NCC13CCC(CC1)CC3)cn2CCO. The van der Waals surface area contributed by atoms with Crippen LogP contribution in [0.5, 0.6) is 0 Å². The molecule has 3 aliphatic rings. The van der Waals surface area contributed by atoms with Crippen molar-refractivity contribution in [1.82, 2.24) is 9.88 Å². The molecule has 1 heterocycles. The Balaban J connectivity index is 1.60. The van der Waals surface area contributed by atoms with Crippen LogP contribution in [-0.2, 0) is 6.54 Å². The van der Waals surface area contributed by atoms with Crippen molar-refractivity contribution in [3.63, 3.8) is 0 Å². The molecule has 2 aromatic rings. The Morgan fingerprint density at radius 3 is 2.65 bits per heavy atom. The van der Waals surface area contributed by atoms with E-state index in [2.05, 4.69) is 5.32 Å². The Labute approximate surface area is 154 Å². The molecule has 2 N–H and O–H groups in total. The van der Waals surface area contributed by atoms with Crippen LogP contribution in [0.2, 0.25) is 0 Å². The number of benzene rings is 1. The van der Waals surface area contributed by atoms with Crippen molar-refractivity contribution in [3.05, 3.63) is 29.7 Å². The lowest BCUT2D eigenvalue weighted by molar-refractivity contribution is 0.0598. The number of hydrogen-bond donors (Lipinski definition) is 2. The fourth-order valence-corrected chi connectivity index (χ4v) is 4.85. The summed E-state index contributed by atoms with van der Waals surface area (Å²) in [5, 5.41) is 12.9. The van der Waals surface area contributed by atoms with Crippen molar-refractivity contribution in [3.8, 4) is 0 Å². The average Bonchev–Trinajstić information content (AvgIpc) is 3.00. The quantitative estimate of drug-likeness (QED) is 0.810. The third-order valence-electron chi connectivity index (χ3n) is 6.43. The molecule has 2 bridgehead atoms. The van der Waals surface area contributed by atoms with E-state index in [0.717, 1.165) is 5.92 Å². The van der Waals surface area contributed by atoms with Crippen molar-refractivity contribution in [2.75, 3.05) is 13.2 Å². The van der Waals surface area contributed by atoms with Gasteiger partial charge in [-0.05, 0) is 62.0 Å². The van der Waals surface area contributed by atoms with E-state index in [0.29, 0.717) is 23.0 Å². The first-order chi connectivity index (χ1) is 12.5. The monoisotopic (exact) mass is 354 g/mol. The lowest BCUT2D eigenvalue weighted by Crippen LogP contribution is -2.43. The highest BCUT2D eigenvalue weighted by Crippen LogP contribution is 2.49. The molecular weight excluding hydrogens is 330 g/mol. The summed E-state index contributed by atoms with van der Waals surface area (Å²) < 4.78 is 15.5. The summed E-state index contributed by atoms with van der Waals surface area (Å²) in [6.07, 6.45) is 9.07. The van der Waals surface area contributed by atoms with Crippen molar-refractivity contribution in [2.24, 2.45) is 11.3 Å². The molecule has 26 heavy (non-hydrogen) atoms. The largest absolute Gasteiger partial charge is 0.395 e. The third kappa shape index (κ3) is 3.04. The Bertz CT molecular complexity index is 826. The first kappa shape index (κ1) is 17.6. The molecule has 136 valence electrons. The number of rotatable bonds is 5. The van der Waals surface area contributed by atoms with Gasteiger partial charge in [0.05, 0.1) is 17.7 Å². The van der Waals surface area contributed by atoms with Crippen LogP contribution < -0.4 is 10.8 Å². The maximum Gasteiger partial charge on any atom is 0.253 e. The number of carbonyl (C=O) groups excluding carboxylic acids is 1. The fraction of sp³-hybridized carbons (Fsp3) is 0.550. The predicted molar refractivity (Wildman–Crippen MR) is 100 cm³/mol. The number of carbonyl (C=O) groups is 1. The lowest BCUT2D eigenvalue weighted by Gasteiger charge is -2.46. The summed E-state index contributed by atoms with van der Waals surface area (Å²) in [5.74, 6) is 0.267. The van der Waals surface area contributed by atoms with Gasteiger partial charge in [0.15, 0.2) is 0 Å². The van der Waals surface area contributed by atoms with Crippen LogP contribution >= 0.6 is 0 Å². The Morgan fingerprint density at radius 1 is 1.31 bits per heavy atom. The minimum atomic E-state index is -0.447. The van der Waals surface area contributed by atoms with Gasteiger partial charge in [-0.1, -0.05) is 5.46 Å². The average molecular weight is 354 g/mol. The van der Waals surface area contributed by atoms with E-state index >= 15 is 0 Å². The smallest absolute Gasteiger partial charge is 0.253 e. The highest BCUT2D eigenvalue weighted by molar-refractivity contribution is 6.40. The van der Waals surface area contributed by atoms with E-state index in [1.165, 1.54) is 50.7 Å². The van der Waals surface area contributed by atoms with E-state index < -0.39 is 5.82 Å². The zero-order chi connectivity index (χ0) is 18.3. The van der Waals surface area contributed by atoms with E-state index in [1.54, 1.807) is 10.8 Å². The molecule has 3 saturated carbocycles. The van der Waals surface area contributed by atoms with Crippen LogP contribution in [0.3, 0.4) is 0 Å². The van der Waals surface area contributed by atoms with Gasteiger partial charge in [0.1, 0.15) is 13.7 Å². The first-order valence-corrected chi connectivity index (χ1v) is 9.48. The van der Waals surface area contributed by atoms with Gasteiger partial charge in [-0.25, -0.2) is 4.39 Å². The molecule has 0 atom stereocenters. The number of hydrogen-bond acceptors (Lipinski definition) is 2. The highest BCUT2D eigenvalue weighted by Gasteiger charge is 2.40. The lowest BCUT2D eigenvalue weighted by atomic mass is 9.61. The molecule has 0 aliphatic heterocycles. The molecule has 1 aromatic carbocycles. The molecule has 0 unspecified atom stereocenters. The zero-order valence-corrected chi connectivity index (χ0v) is 14.9. The highest BCUT2D eigenvalue weighted by atomic mass is 19.1. The number of aromatic nitrogens is 1. The Kier molecular flexibility index (Phi) is 4.55. The van der Waals surface area contributed by atoms with Crippen molar-refractivity contribution in [2.45, 2.75) is 45.1 Å². The summed E-state index contributed by atoms with van der Waals surface area (Å²) >= 11 is 0. The molecular formula is C20H24BFN2O2. The second-order valence-corrected chi connectivity index (χ2v) is 8.01. The summed E-state index contributed by atoms with van der Waals surface area (Å²) in [6.45, 7) is 0.885. The van der Waals surface area contributed by atoms with Gasteiger partial charge in [-0.2, -0.15) is 0 Å². The maximum atomic E-state index is 13.8. The van der Waals surface area contributed by atoms with Gasteiger partial charge >= 0.3 is 0 Å². The standard InChI is InChI=1S/C20H24BFN2O2/c21-16-9-14(22)10-17-18(16)15(11-24(17)7-8-25)19(26)23-12-20-4-1-13(2-5-20)3-6-20/h9-11,13,25H,1-8,12H2,(H,23,26). The first-order valence-electron chi connectivity index (χ1n) is 9.48. The van der Waals surface area contributed by atoms with Crippen molar-refractivity contribution >= 4 is 30.1 Å². The number of fused-ring (bicyclic) bond motifs is 4. The fourth-order valence-electron chi connectivity index (χ4n) is 4.85. The minimum absolute atomic E-state index is 0.0917. The van der Waals surface area contributed by atoms with E-state index in [9.17, 15) is 14.3 Å². The molecule has 3 aliphatic carbocycles. The van der Waals surface area contributed by atoms with Gasteiger partial charge in [0.25, 0.3) is 5.91 Å². The predicted octanol–water partition coefficient (Wildman–Crippen LogP) is 2.27.